The van der Waals surface area contributed by atoms with Gasteiger partial charge in [0.05, 0.1) is 34.3 Å². The minimum atomic E-state index is 0.598. The minimum absolute atomic E-state index is 0.598. The molecule has 0 saturated heterocycles. The van der Waals surface area contributed by atoms with Crippen LogP contribution in [-0.2, 0) is 6.54 Å². The summed E-state index contributed by atoms with van der Waals surface area (Å²) in [4.78, 5) is 4.64. The summed E-state index contributed by atoms with van der Waals surface area (Å²) in [7, 11) is 0. The average molecular weight is 272 g/mol. The maximum atomic E-state index is 9.03. The molecule has 0 amide bonds. The number of benzene rings is 2. The van der Waals surface area contributed by atoms with Crippen LogP contribution in [0.25, 0.3) is 22.4 Å². The molecule has 1 heterocycles. The fourth-order valence-corrected chi connectivity index (χ4v) is 2.47. The normalized spacial score (nSPS) is 10.2. The largest absolute Gasteiger partial charge is 0.324 e. The van der Waals surface area contributed by atoms with E-state index < -0.39 is 0 Å². The van der Waals surface area contributed by atoms with E-state index in [-0.39, 0.29) is 0 Å². The fourth-order valence-electron chi connectivity index (χ4n) is 2.47. The smallest absolute Gasteiger partial charge is 0.141 e. The third kappa shape index (κ3) is 2.13. The summed E-state index contributed by atoms with van der Waals surface area (Å²) >= 11 is 0. The van der Waals surface area contributed by atoms with E-state index >= 15 is 0 Å². The van der Waals surface area contributed by atoms with Crippen LogP contribution in [0.4, 0.5) is 0 Å². The molecule has 3 aromatic rings. The Kier molecular flexibility index (Phi) is 3.14. The zero-order valence-corrected chi connectivity index (χ0v) is 11.5. The van der Waals surface area contributed by atoms with Crippen LogP contribution in [0.5, 0.6) is 0 Å². The van der Waals surface area contributed by atoms with Crippen molar-refractivity contribution < 1.29 is 0 Å². The highest BCUT2D eigenvalue weighted by Gasteiger charge is 2.12. The van der Waals surface area contributed by atoms with Gasteiger partial charge in [-0.05, 0) is 37.3 Å². The topological polar surface area (TPSA) is 65.4 Å². The van der Waals surface area contributed by atoms with E-state index in [4.69, 9.17) is 10.5 Å². The Labute approximate surface area is 122 Å². The molecule has 0 unspecified atom stereocenters. The Morgan fingerprint density at radius 2 is 1.81 bits per heavy atom. The van der Waals surface area contributed by atoms with E-state index in [9.17, 15) is 0 Å². The second kappa shape index (κ2) is 5.11. The first-order valence-corrected chi connectivity index (χ1v) is 6.67. The van der Waals surface area contributed by atoms with Gasteiger partial charge in [-0.25, -0.2) is 4.98 Å². The van der Waals surface area contributed by atoms with Crippen molar-refractivity contribution in [3.63, 3.8) is 0 Å². The molecule has 0 aliphatic heterocycles. The van der Waals surface area contributed by atoms with Gasteiger partial charge < -0.3 is 4.57 Å². The van der Waals surface area contributed by atoms with Gasteiger partial charge in [-0.3, -0.25) is 0 Å². The zero-order valence-electron chi connectivity index (χ0n) is 11.5. The number of aromatic nitrogens is 2. The maximum Gasteiger partial charge on any atom is 0.141 e. The van der Waals surface area contributed by atoms with Crippen molar-refractivity contribution in [1.29, 1.82) is 10.5 Å². The van der Waals surface area contributed by atoms with Crippen LogP contribution in [0.15, 0.2) is 42.5 Å². The van der Waals surface area contributed by atoms with Crippen molar-refractivity contribution in [3.05, 3.63) is 53.6 Å². The van der Waals surface area contributed by atoms with E-state index in [1.807, 2.05) is 24.3 Å². The lowest BCUT2D eigenvalue weighted by molar-refractivity contribution is 0.796. The third-order valence-electron chi connectivity index (χ3n) is 3.44. The highest BCUT2D eigenvalue weighted by molar-refractivity contribution is 5.82. The molecule has 0 aliphatic rings. The van der Waals surface area contributed by atoms with E-state index in [1.165, 1.54) is 0 Å². The summed E-state index contributed by atoms with van der Waals surface area (Å²) in [5.41, 5.74) is 3.91. The molecule has 0 saturated carbocycles. The van der Waals surface area contributed by atoms with Crippen molar-refractivity contribution >= 4 is 11.0 Å². The van der Waals surface area contributed by atoms with Gasteiger partial charge in [0.25, 0.3) is 0 Å². The third-order valence-corrected chi connectivity index (χ3v) is 3.44. The first-order chi connectivity index (χ1) is 10.3. The Morgan fingerprint density at radius 1 is 1.05 bits per heavy atom. The fraction of sp³-hybridized carbons (Fsp3) is 0.118. The summed E-state index contributed by atoms with van der Waals surface area (Å²) in [6.45, 7) is 2.82. The molecule has 1 aromatic heterocycles. The number of nitriles is 2. The predicted octanol–water partition coefficient (Wildman–Crippen LogP) is 3.47. The molecule has 21 heavy (non-hydrogen) atoms. The van der Waals surface area contributed by atoms with Gasteiger partial charge in [0.2, 0.25) is 0 Å². The Hall–Kier alpha value is -3.11. The number of rotatable bonds is 2. The van der Waals surface area contributed by atoms with E-state index in [1.54, 1.807) is 18.2 Å². The zero-order chi connectivity index (χ0) is 14.8. The maximum absolute atomic E-state index is 9.03. The molecule has 4 heteroatoms. The first kappa shape index (κ1) is 12.9. The highest BCUT2D eigenvalue weighted by Crippen LogP contribution is 2.26. The lowest BCUT2D eigenvalue weighted by Crippen LogP contribution is -1.97. The van der Waals surface area contributed by atoms with Gasteiger partial charge in [-0.15, -0.1) is 0 Å². The number of aryl methyl sites for hydroxylation is 1. The van der Waals surface area contributed by atoms with Crippen LogP contribution in [0.3, 0.4) is 0 Å². The minimum Gasteiger partial charge on any atom is -0.324 e. The average Bonchev–Trinajstić information content (AvgIpc) is 2.92. The number of nitrogens with zero attached hydrogens (tertiary/aromatic N) is 4. The molecule has 0 spiro atoms. The number of fused-ring (bicyclic) bond motifs is 1. The van der Waals surface area contributed by atoms with Crippen LogP contribution in [-0.4, -0.2) is 9.55 Å². The second-order valence-electron chi connectivity index (χ2n) is 4.69. The van der Waals surface area contributed by atoms with E-state index in [0.29, 0.717) is 11.1 Å². The van der Waals surface area contributed by atoms with Gasteiger partial charge >= 0.3 is 0 Å². The molecule has 100 valence electrons. The summed E-state index contributed by atoms with van der Waals surface area (Å²) in [5, 5.41) is 18.0. The van der Waals surface area contributed by atoms with Gasteiger partial charge in [0, 0.05) is 12.1 Å². The Bertz CT molecular complexity index is 907. The molecule has 0 N–H and O–H groups in total. The van der Waals surface area contributed by atoms with Gasteiger partial charge in [-0.2, -0.15) is 10.5 Å². The summed E-state index contributed by atoms with van der Waals surface area (Å²) < 4.78 is 2.09. The molecule has 0 aliphatic carbocycles. The Balaban J connectivity index is 2.27. The molecule has 3 rings (SSSR count). The lowest BCUT2D eigenvalue weighted by Gasteiger charge is -2.06. The highest BCUT2D eigenvalue weighted by atomic mass is 15.1. The molecule has 0 atom stereocenters. The van der Waals surface area contributed by atoms with Crippen LogP contribution < -0.4 is 0 Å². The molecule has 4 nitrogen and oxygen atoms in total. The van der Waals surface area contributed by atoms with Gasteiger partial charge in [0.1, 0.15) is 5.82 Å². The molecular formula is C17H12N4. The number of hydrogen-bond donors (Lipinski definition) is 0. The molecule has 0 radical (unpaired) electrons. The summed E-state index contributed by atoms with van der Waals surface area (Å²) in [6, 6.07) is 17.2. The molecular weight excluding hydrogens is 260 g/mol. The van der Waals surface area contributed by atoms with Gasteiger partial charge in [-0.1, -0.05) is 12.1 Å². The van der Waals surface area contributed by atoms with Crippen LogP contribution >= 0.6 is 0 Å². The predicted molar refractivity (Wildman–Crippen MR) is 80.3 cm³/mol. The van der Waals surface area contributed by atoms with Gasteiger partial charge in [0.15, 0.2) is 0 Å². The molecule has 0 fully saturated rings. The van der Waals surface area contributed by atoms with Crippen LogP contribution in [0.2, 0.25) is 0 Å². The lowest BCUT2D eigenvalue weighted by atomic mass is 10.1. The van der Waals surface area contributed by atoms with Crippen molar-refractivity contribution in [2.45, 2.75) is 13.5 Å². The SMILES string of the molecule is CCn1c(-c2cccc(C#N)c2)nc2cc(C#N)ccc21. The van der Waals surface area contributed by atoms with Crippen molar-refractivity contribution in [2.75, 3.05) is 0 Å². The molecule has 0 bridgehead atoms. The van der Waals surface area contributed by atoms with Crippen molar-refractivity contribution in [2.24, 2.45) is 0 Å². The summed E-state index contributed by atoms with van der Waals surface area (Å²) in [6.07, 6.45) is 0. The van der Waals surface area contributed by atoms with Crippen molar-refractivity contribution in [3.8, 4) is 23.5 Å². The summed E-state index contributed by atoms with van der Waals surface area (Å²) in [5.74, 6) is 0.819. The van der Waals surface area contributed by atoms with Crippen LogP contribution in [0, 0.1) is 22.7 Å². The monoisotopic (exact) mass is 272 g/mol. The first-order valence-electron chi connectivity index (χ1n) is 6.67. The quantitative estimate of drug-likeness (QED) is 0.717. The van der Waals surface area contributed by atoms with E-state index in [2.05, 4.69) is 28.6 Å². The molecule has 2 aromatic carbocycles. The van der Waals surface area contributed by atoms with E-state index in [0.717, 1.165) is 29.0 Å². The van der Waals surface area contributed by atoms with Crippen LogP contribution in [0.1, 0.15) is 18.1 Å². The standard InChI is InChI=1S/C17H12N4/c1-2-21-16-7-6-13(11-19)9-15(16)20-17(21)14-5-3-4-12(8-14)10-18/h3-9H,2H2,1H3. The number of imidazole rings is 1. The van der Waals surface area contributed by atoms with Crippen molar-refractivity contribution in [1.82, 2.24) is 9.55 Å². The number of hydrogen-bond acceptors (Lipinski definition) is 3. The Morgan fingerprint density at radius 3 is 2.52 bits per heavy atom. The second-order valence-corrected chi connectivity index (χ2v) is 4.69.